The molecule has 2 nitrogen and oxygen atoms in total. The summed E-state index contributed by atoms with van der Waals surface area (Å²) in [5, 5.41) is 12.3. The van der Waals surface area contributed by atoms with E-state index in [1.807, 2.05) is 0 Å². The lowest BCUT2D eigenvalue weighted by molar-refractivity contribution is 0.867. The van der Waals surface area contributed by atoms with E-state index in [9.17, 15) is 0 Å². The maximum atomic E-state index is 3.74. The number of nitrogens with one attached hydrogen (secondary N) is 2. The molecule has 0 amide bonds. The third-order valence-electron chi connectivity index (χ3n) is 6.62. The van der Waals surface area contributed by atoms with Gasteiger partial charge in [0, 0.05) is 32.9 Å². The largest absolute Gasteiger partial charge is 0.355 e. The van der Waals surface area contributed by atoms with Crippen LogP contribution in [0.4, 0.5) is 22.7 Å². The van der Waals surface area contributed by atoms with E-state index in [0.717, 1.165) is 22.7 Å². The molecule has 0 spiro atoms. The van der Waals surface area contributed by atoms with Crippen LogP contribution in [0.15, 0.2) is 97.1 Å². The summed E-state index contributed by atoms with van der Waals surface area (Å²) >= 11 is 0. The maximum absolute atomic E-state index is 3.74. The van der Waals surface area contributed by atoms with Crippen LogP contribution >= 0.6 is 0 Å². The first-order chi connectivity index (χ1) is 16.5. The molecule has 0 saturated heterocycles. The molecule has 34 heavy (non-hydrogen) atoms. The lowest BCUT2D eigenvalue weighted by atomic mass is 9.97. The van der Waals surface area contributed by atoms with Crippen molar-refractivity contribution in [3.8, 4) is 0 Å². The van der Waals surface area contributed by atoms with Crippen LogP contribution in [-0.4, -0.2) is 0 Å². The number of benzene rings is 5. The first-order valence-corrected chi connectivity index (χ1v) is 12.2. The van der Waals surface area contributed by atoms with Crippen LogP contribution in [-0.2, 0) is 0 Å². The second-order valence-corrected chi connectivity index (χ2v) is 9.64. The molecule has 0 aliphatic heterocycles. The van der Waals surface area contributed by atoms with E-state index in [0.29, 0.717) is 11.8 Å². The zero-order valence-electron chi connectivity index (χ0n) is 20.4. The predicted molar refractivity (Wildman–Crippen MR) is 149 cm³/mol. The van der Waals surface area contributed by atoms with Crippen molar-refractivity contribution in [1.82, 2.24) is 0 Å². The first-order valence-electron chi connectivity index (χ1n) is 12.2. The second-order valence-electron chi connectivity index (χ2n) is 9.64. The Hall–Kier alpha value is -3.78. The highest BCUT2D eigenvalue weighted by Crippen LogP contribution is 2.42. The van der Waals surface area contributed by atoms with Crippen molar-refractivity contribution in [1.29, 1.82) is 0 Å². The molecule has 0 bridgehead atoms. The lowest BCUT2D eigenvalue weighted by Crippen LogP contribution is -1.99. The van der Waals surface area contributed by atoms with Crippen molar-refractivity contribution < 1.29 is 0 Å². The number of hydrogen-bond donors (Lipinski definition) is 2. The van der Waals surface area contributed by atoms with Crippen molar-refractivity contribution >= 4 is 44.3 Å². The minimum Gasteiger partial charge on any atom is -0.355 e. The summed E-state index contributed by atoms with van der Waals surface area (Å²) in [6.45, 7) is 8.91. The molecule has 0 aliphatic rings. The van der Waals surface area contributed by atoms with Crippen LogP contribution in [0.25, 0.3) is 21.5 Å². The molecular weight excluding hydrogens is 412 g/mol. The molecule has 0 fully saturated rings. The molecule has 0 unspecified atom stereocenters. The summed E-state index contributed by atoms with van der Waals surface area (Å²) < 4.78 is 0. The summed E-state index contributed by atoms with van der Waals surface area (Å²) in [5.74, 6) is 1.05. The van der Waals surface area contributed by atoms with Gasteiger partial charge in [0.25, 0.3) is 0 Å². The first kappa shape index (κ1) is 22.0. The van der Waals surface area contributed by atoms with Gasteiger partial charge in [0.15, 0.2) is 0 Å². The van der Waals surface area contributed by atoms with Gasteiger partial charge in [-0.1, -0.05) is 100 Å². The smallest absolute Gasteiger partial charge is 0.0545 e. The Bertz CT molecular complexity index is 1260. The van der Waals surface area contributed by atoms with Gasteiger partial charge in [-0.2, -0.15) is 0 Å². The molecule has 5 rings (SSSR count). The highest BCUT2D eigenvalue weighted by molar-refractivity contribution is 6.20. The van der Waals surface area contributed by atoms with Gasteiger partial charge in [-0.05, 0) is 47.2 Å². The Labute approximate surface area is 202 Å². The summed E-state index contributed by atoms with van der Waals surface area (Å²) in [5.41, 5.74) is 7.19. The predicted octanol–water partition coefficient (Wildman–Crippen LogP) is 9.73. The highest BCUT2D eigenvalue weighted by Gasteiger charge is 2.14. The van der Waals surface area contributed by atoms with Gasteiger partial charge in [0.05, 0.1) is 11.4 Å². The molecule has 0 heterocycles. The van der Waals surface area contributed by atoms with Gasteiger partial charge in [-0.15, -0.1) is 0 Å². The van der Waals surface area contributed by atoms with Gasteiger partial charge in [0.2, 0.25) is 0 Å². The second kappa shape index (κ2) is 9.23. The van der Waals surface area contributed by atoms with Gasteiger partial charge in [-0.3, -0.25) is 0 Å². The van der Waals surface area contributed by atoms with Crippen LogP contribution in [0.3, 0.4) is 0 Å². The monoisotopic (exact) mass is 444 g/mol. The number of rotatable bonds is 6. The molecule has 2 heteroatoms. The van der Waals surface area contributed by atoms with E-state index in [4.69, 9.17) is 0 Å². The van der Waals surface area contributed by atoms with Gasteiger partial charge in [-0.25, -0.2) is 0 Å². The fourth-order valence-electron chi connectivity index (χ4n) is 4.59. The number of anilines is 4. The zero-order chi connectivity index (χ0) is 23.7. The summed E-state index contributed by atoms with van der Waals surface area (Å²) in [4.78, 5) is 0. The normalized spacial score (nSPS) is 11.5. The molecule has 0 atom stereocenters. The van der Waals surface area contributed by atoms with Crippen molar-refractivity contribution in [3.05, 3.63) is 108 Å². The van der Waals surface area contributed by atoms with Crippen LogP contribution in [0, 0.1) is 0 Å². The van der Waals surface area contributed by atoms with E-state index < -0.39 is 0 Å². The molecule has 5 aromatic carbocycles. The molecule has 5 aromatic rings. The fourth-order valence-corrected chi connectivity index (χ4v) is 4.59. The molecular formula is C32H32N2. The van der Waals surface area contributed by atoms with Crippen LogP contribution in [0.2, 0.25) is 0 Å². The average molecular weight is 445 g/mol. The molecule has 0 radical (unpaired) electrons. The Morgan fingerprint density at radius 1 is 0.412 bits per heavy atom. The minimum atomic E-state index is 0.524. The SMILES string of the molecule is CC(C)c1ccc(Nc2c3ccccc3c(Nc3ccc(C(C)C)cc3)c3ccccc23)cc1. The van der Waals surface area contributed by atoms with E-state index in [1.54, 1.807) is 0 Å². The van der Waals surface area contributed by atoms with Crippen LogP contribution < -0.4 is 10.6 Å². The van der Waals surface area contributed by atoms with Gasteiger partial charge < -0.3 is 10.6 Å². The quantitative estimate of drug-likeness (QED) is 0.201. The highest BCUT2D eigenvalue weighted by atomic mass is 14.9. The summed E-state index contributed by atoms with van der Waals surface area (Å²) in [6, 6.07) is 34.9. The third-order valence-corrected chi connectivity index (χ3v) is 6.62. The van der Waals surface area contributed by atoms with E-state index in [1.165, 1.54) is 32.7 Å². The Kier molecular flexibility index (Phi) is 5.98. The summed E-state index contributed by atoms with van der Waals surface area (Å²) in [6.07, 6.45) is 0. The minimum absolute atomic E-state index is 0.524. The molecule has 2 N–H and O–H groups in total. The van der Waals surface area contributed by atoms with Crippen molar-refractivity contribution in [3.63, 3.8) is 0 Å². The lowest BCUT2D eigenvalue weighted by Gasteiger charge is -2.19. The van der Waals surface area contributed by atoms with E-state index in [2.05, 4.69) is 135 Å². The van der Waals surface area contributed by atoms with E-state index in [-0.39, 0.29) is 0 Å². The molecule has 170 valence electrons. The van der Waals surface area contributed by atoms with Crippen LogP contribution in [0.1, 0.15) is 50.7 Å². The number of fused-ring (bicyclic) bond motifs is 2. The average Bonchev–Trinajstić information content (AvgIpc) is 2.86. The molecule has 0 aromatic heterocycles. The third kappa shape index (κ3) is 4.24. The topological polar surface area (TPSA) is 24.1 Å². The van der Waals surface area contributed by atoms with E-state index >= 15 is 0 Å². The van der Waals surface area contributed by atoms with Crippen molar-refractivity contribution in [2.24, 2.45) is 0 Å². The van der Waals surface area contributed by atoms with Crippen molar-refractivity contribution in [2.75, 3.05) is 10.6 Å². The van der Waals surface area contributed by atoms with Gasteiger partial charge >= 0.3 is 0 Å². The zero-order valence-corrected chi connectivity index (χ0v) is 20.4. The Morgan fingerprint density at radius 3 is 0.971 bits per heavy atom. The summed E-state index contributed by atoms with van der Waals surface area (Å²) in [7, 11) is 0. The number of hydrogen-bond acceptors (Lipinski definition) is 2. The molecule has 0 saturated carbocycles. The van der Waals surface area contributed by atoms with Gasteiger partial charge in [0.1, 0.15) is 0 Å². The maximum Gasteiger partial charge on any atom is 0.0545 e. The van der Waals surface area contributed by atoms with Crippen molar-refractivity contribution in [2.45, 2.75) is 39.5 Å². The standard InChI is InChI=1S/C32H32N2/c1-21(2)23-13-17-25(18-14-23)33-31-27-9-5-7-11-29(27)32(30-12-8-6-10-28(30)31)34-26-19-15-24(16-20-26)22(3)4/h5-22,33-34H,1-4H3. The Morgan fingerprint density at radius 2 is 0.706 bits per heavy atom. The fraction of sp³-hybridized carbons (Fsp3) is 0.188. The Balaban J connectivity index is 1.63. The molecule has 0 aliphatic carbocycles. The van der Waals surface area contributed by atoms with Crippen LogP contribution in [0.5, 0.6) is 0 Å².